The molecule has 0 saturated carbocycles. The second kappa shape index (κ2) is 7.71. The van der Waals surface area contributed by atoms with Crippen molar-refractivity contribution < 1.29 is 9.84 Å². The average molecular weight is 420 g/mol. The molecule has 0 spiro atoms. The van der Waals surface area contributed by atoms with Gasteiger partial charge in [-0.3, -0.25) is 4.68 Å². The summed E-state index contributed by atoms with van der Waals surface area (Å²) < 4.78 is 9.05. The third-order valence-corrected chi connectivity index (χ3v) is 5.43. The fraction of sp³-hybridized carbons (Fsp3) is 0.381. The lowest BCUT2D eigenvalue weighted by Gasteiger charge is -2.22. The summed E-state index contributed by atoms with van der Waals surface area (Å²) in [5, 5.41) is 26.2. The van der Waals surface area contributed by atoms with Crippen LogP contribution < -0.4 is 5.32 Å². The van der Waals surface area contributed by atoms with Crippen LogP contribution in [0.25, 0.3) is 16.9 Å². The first-order valence-corrected chi connectivity index (χ1v) is 10.3. The van der Waals surface area contributed by atoms with E-state index in [9.17, 15) is 5.11 Å². The van der Waals surface area contributed by atoms with Crippen molar-refractivity contribution in [1.82, 2.24) is 34.7 Å². The molecule has 2 N–H and O–H groups in total. The van der Waals surface area contributed by atoms with Crippen LogP contribution in [-0.4, -0.2) is 53.1 Å². The molecule has 0 unspecified atom stereocenters. The molecule has 0 atom stereocenters. The molecule has 160 valence electrons. The first-order chi connectivity index (χ1) is 15.0. The zero-order chi connectivity index (χ0) is 21.4. The van der Waals surface area contributed by atoms with Crippen molar-refractivity contribution in [2.24, 2.45) is 0 Å². The topological polar surface area (TPSA) is 116 Å². The maximum atomic E-state index is 10.2. The number of fused-ring (bicyclic) bond motifs is 1. The predicted molar refractivity (Wildman–Crippen MR) is 114 cm³/mol. The number of rotatable bonds is 5. The Kier molecular flexibility index (Phi) is 4.87. The van der Waals surface area contributed by atoms with Gasteiger partial charge in [0, 0.05) is 19.4 Å². The number of hydrogen-bond donors (Lipinski definition) is 2. The van der Waals surface area contributed by atoms with Crippen molar-refractivity contribution >= 4 is 22.8 Å². The molecule has 3 aromatic heterocycles. The van der Waals surface area contributed by atoms with Crippen LogP contribution in [0.4, 0.5) is 11.6 Å². The zero-order valence-electron chi connectivity index (χ0n) is 17.4. The van der Waals surface area contributed by atoms with Crippen molar-refractivity contribution in [1.29, 1.82) is 0 Å². The zero-order valence-corrected chi connectivity index (χ0v) is 17.4. The van der Waals surface area contributed by atoms with Gasteiger partial charge in [-0.05, 0) is 44.4 Å². The Labute approximate surface area is 178 Å². The first-order valence-electron chi connectivity index (χ1n) is 10.3. The van der Waals surface area contributed by atoms with Gasteiger partial charge < -0.3 is 15.2 Å². The molecule has 0 amide bonds. The molecular weight excluding hydrogens is 396 g/mol. The Hall–Kier alpha value is -3.37. The number of anilines is 2. The SMILES string of the molecule is CC(C)(O)c1ccc(-n2nnc3cnc(Nc4cnn(C5CCOCC5)c4)nc32)cc1. The van der Waals surface area contributed by atoms with Gasteiger partial charge in [0.1, 0.15) is 0 Å². The van der Waals surface area contributed by atoms with Crippen molar-refractivity contribution in [3.63, 3.8) is 0 Å². The van der Waals surface area contributed by atoms with Gasteiger partial charge in [-0.1, -0.05) is 17.3 Å². The number of benzene rings is 1. The number of hydrogen-bond acceptors (Lipinski definition) is 8. The second-order valence-corrected chi connectivity index (χ2v) is 8.19. The summed E-state index contributed by atoms with van der Waals surface area (Å²) in [5.41, 5.74) is 2.71. The van der Waals surface area contributed by atoms with Crippen LogP contribution in [-0.2, 0) is 10.3 Å². The van der Waals surface area contributed by atoms with Crippen LogP contribution in [0.15, 0.2) is 42.9 Å². The lowest BCUT2D eigenvalue weighted by Crippen LogP contribution is -2.19. The molecule has 4 heterocycles. The van der Waals surface area contributed by atoms with E-state index in [1.54, 1.807) is 30.9 Å². The molecular formula is C21H24N8O2. The minimum atomic E-state index is -0.905. The van der Waals surface area contributed by atoms with Gasteiger partial charge in [0.25, 0.3) is 0 Å². The van der Waals surface area contributed by atoms with Crippen LogP contribution in [0.1, 0.15) is 38.3 Å². The fourth-order valence-corrected chi connectivity index (χ4v) is 3.65. The third kappa shape index (κ3) is 3.99. The van der Waals surface area contributed by atoms with Gasteiger partial charge in [0.05, 0.1) is 35.4 Å². The van der Waals surface area contributed by atoms with Gasteiger partial charge in [-0.25, -0.2) is 4.98 Å². The van der Waals surface area contributed by atoms with Crippen molar-refractivity contribution in [3.05, 3.63) is 48.4 Å². The lowest BCUT2D eigenvalue weighted by atomic mass is 9.98. The molecule has 10 nitrogen and oxygen atoms in total. The summed E-state index contributed by atoms with van der Waals surface area (Å²) in [6.45, 7) is 5.03. The van der Waals surface area contributed by atoms with E-state index in [0.717, 1.165) is 43.0 Å². The Morgan fingerprint density at radius 1 is 1.13 bits per heavy atom. The third-order valence-electron chi connectivity index (χ3n) is 5.43. The second-order valence-electron chi connectivity index (χ2n) is 8.19. The van der Waals surface area contributed by atoms with Gasteiger partial charge >= 0.3 is 0 Å². The molecule has 1 saturated heterocycles. The van der Waals surface area contributed by atoms with Gasteiger partial charge in [0.15, 0.2) is 11.2 Å². The van der Waals surface area contributed by atoms with Crippen molar-refractivity contribution in [3.8, 4) is 5.69 Å². The lowest BCUT2D eigenvalue weighted by molar-refractivity contribution is 0.0662. The molecule has 0 aliphatic carbocycles. The Morgan fingerprint density at radius 3 is 2.65 bits per heavy atom. The van der Waals surface area contributed by atoms with Crippen LogP contribution in [0.3, 0.4) is 0 Å². The van der Waals surface area contributed by atoms with Crippen LogP contribution >= 0.6 is 0 Å². The molecule has 1 aromatic carbocycles. The summed E-state index contributed by atoms with van der Waals surface area (Å²) in [5.74, 6) is 0.440. The van der Waals surface area contributed by atoms with E-state index >= 15 is 0 Å². The Bertz CT molecular complexity index is 1190. The smallest absolute Gasteiger partial charge is 0.229 e. The van der Waals surface area contributed by atoms with E-state index in [1.807, 2.05) is 35.1 Å². The molecule has 0 bridgehead atoms. The standard InChI is InChI=1S/C21H24N8O2/c1-21(2,30)14-3-5-17(6-4-14)29-19-18(26-27-29)12-22-20(25-19)24-15-11-23-28(13-15)16-7-9-31-10-8-16/h3-6,11-13,16,30H,7-10H2,1-2H3,(H,22,24,25). The van der Waals surface area contributed by atoms with Crippen LogP contribution in [0.2, 0.25) is 0 Å². The minimum absolute atomic E-state index is 0.352. The predicted octanol–water partition coefficient (Wildman–Crippen LogP) is 2.73. The van der Waals surface area contributed by atoms with Gasteiger partial charge in [0.2, 0.25) is 5.95 Å². The highest BCUT2D eigenvalue weighted by molar-refractivity contribution is 5.72. The molecule has 1 aliphatic heterocycles. The number of aromatic nitrogens is 7. The van der Waals surface area contributed by atoms with Crippen molar-refractivity contribution in [2.45, 2.75) is 38.3 Å². The number of ether oxygens (including phenoxy) is 1. The molecule has 0 radical (unpaired) electrons. The normalized spacial score (nSPS) is 15.5. The number of nitrogens with zero attached hydrogens (tertiary/aromatic N) is 7. The molecule has 1 aliphatic rings. The molecule has 5 rings (SSSR count). The molecule has 10 heteroatoms. The van der Waals surface area contributed by atoms with E-state index in [0.29, 0.717) is 23.2 Å². The van der Waals surface area contributed by atoms with Gasteiger partial charge in [-0.2, -0.15) is 14.8 Å². The van der Waals surface area contributed by atoms with E-state index in [1.165, 1.54) is 0 Å². The fourth-order valence-electron chi connectivity index (χ4n) is 3.65. The molecule has 31 heavy (non-hydrogen) atoms. The summed E-state index contributed by atoms with van der Waals surface area (Å²) in [7, 11) is 0. The Balaban J connectivity index is 1.40. The van der Waals surface area contributed by atoms with E-state index in [2.05, 4.69) is 30.7 Å². The summed E-state index contributed by atoms with van der Waals surface area (Å²) in [6.07, 6.45) is 7.30. The number of nitrogens with one attached hydrogen (secondary N) is 1. The Morgan fingerprint density at radius 2 is 1.90 bits per heavy atom. The highest BCUT2D eigenvalue weighted by atomic mass is 16.5. The monoisotopic (exact) mass is 420 g/mol. The summed E-state index contributed by atoms with van der Waals surface area (Å²) in [4.78, 5) is 8.96. The van der Waals surface area contributed by atoms with Crippen LogP contribution in [0.5, 0.6) is 0 Å². The highest BCUT2D eigenvalue weighted by Gasteiger charge is 2.18. The van der Waals surface area contributed by atoms with Crippen molar-refractivity contribution in [2.75, 3.05) is 18.5 Å². The minimum Gasteiger partial charge on any atom is -0.386 e. The number of aliphatic hydroxyl groups is 1. The average Bonchev–Trinajstić information content (AvgIpc) is 3.41. The molecule has 1 fully saturated rings. The highest BCUT2D eigenvalue weighted by Crippen LogP contribution is 2.24. The van der Waals surface area contributed by atoms with E-state index in [4.69, 9.17) is 4.74 Å². The van der Waals surface area contributed by atoms with E-state index < -0.39 is 5.60 Å². The largest absolute Gasteiger partial charge is 0.386 e. The first kappa shape index (κ1) is 19.6. The maximum absolute atomic E-state index is 10.2. The molecule has 4 aromatic rings. The van der Waals surface area contributed by atoms with Gasteiger partial charge in [-0.15, -0.1) is 5.10 Å². The summed E-state index contributed by atoms with van der Waals surface area (Å²) >= 11 is 0. The van der Waals surface area contributed by atoms with E-state index in [-0.39, 0.29) is 0 Å². The summed E-state index contributed by atoms with van der Waals surface area (Å²) in [6, 6.07) is 7.86. The maximum Gasteiger partial charge on any atom is 0.229 e. The quantitative estimate of drug-likeness (QED) is 0.506. The van der Waals surface area contributed by atoms with Crippen LogP contribution in [0, 0.1) is 0 Å².